The molecule has 18 heavy (non-hydrogen) atoms. The largest absolute Gasteiger partial charge is 0.383 e. The van der Waals surface area contributed by atoms with E-state index in [4.69, 9.17) is 4.74 Å². The van der Waals surface area contributed by atoms with E-state index in [0.717, 1.165) is 6.61 Å². The van der Waals surface area contributed by atoms with Gasteiger partial charge in [0, 0.05) is 13.2 Å². The van der Waals surface area contributed by atoms with Crippen LogP contribution in [0.5, 0.6) is 0 Å². The van der Waals surface area contributed by atoms with Gasteiger partial charge in [-0.1, -0.05) is 30.3 Å². The molecular formula is C15H24N2O. The Balaban J connectivity index is 1.94. The third kappa shape index (κ3) is 3.80. The molecule has 1 aliphatic heterocycles. The van der Waals surface area contributed by atoms with Gasteiger partial charge >= 0.3 is 0 Å². The average molecular weight is 248 g/mol. The Hall–Kier alpha value is -0.900. The Morgan fingerprint density at radius 2 is 1.94 bits per heavy atom. The fourth-order valence-electron chi connectivity index (χ4n) is 2.55. The lowest BCUT2D eigenvalue weighted by atomic mass is 10.0. The minimum Gasteiger partial charge on any atom is -0.383 e. The molecule has 0 bridgehead atoms. The van der Waals surface area contributed by atoms with Gasteiger partial charge in [0.1, 0.15) is 0 Å². The minimum atomic E-state index is 0.310. The van der Waals surface area contributed by atoms with E-state index >= 15 is 0 Å². The van der Waals surface area contributed by atoms with Crippen molar-refractivity contribution in [3.63, 3.8) is 0 Å². The maximum atomic E-state index is 5.35. The first kappa shape index (κ1) is 13.5. The first-order chi connectivity index (χ1) is 8.79. The molecule has 3 heteroatoms. The lowest BCUT2D eigenvalue weighted by molar-refractivity contribution is 0.148. The molecule has 1 atom stereocenters. The van der Waals surface area contributed by atoms with Gasteiger partial charge in [-0.25, -0.2) is 0 Å². The normalized spacial score (nSPS) is 19.9. The second kappa shape index (κ2) is 6.88. The lowest BCUT2D eigenvalue weighted by Crippen LogP contribution is -2.43. The van der Waals surface area contributed by atoms with Crippen LogP contribution in [0.1, 0.15) is 24.4 Å². The number of nitrogens with zero attached hydrogens (tertiary/aromatic N) is 1. The molecule has 1 saturated heterocycles. The molecular weight excluding hydrogens is 224 g/mol. The van der Waals surface area contributed by atoms with E-state index in [1.54, 1.807) is 7.11 Å². The third-order valence-electron chi connectivity index (χ3n) is 3.69. The van der Waals surface area contributed by atoms with Crippen molar-refractivity contribution in [3.8, 4) is 0 Å². The van der Waals surface area contributed by atoms with Crippen LogP contribution >= 0.6 is 0 Å². The number of hydrogen-bond donors (Lipinski definition) is 1. The Morgan fingerprint density at radius 3 is 2.56 bits per heavy atom. The van der Waals surface area contributed by atoms with Crippen LogP contribution in [0.15, 0.2) is 30.3 Å². The number of likely N-dealkylation sites (tertiary alicyclic amines) is 1. The molecule has 3 nitrogen and oxygen atoms in total. The Labute approximate surface area is 110 Å². The van der Waals surface area contributed by atoms with Crippen LogP contribution in [0.4, 0.5) is 0 Å². The molecule has 1 fully saturated rings. The highest BCUT2D eigenvalue weighted by Gasteiger charge is 2.20. The molecule has 0 spiro atoms. The van der Waals surface area contributed by atoms with Gasteiger partial charge in [-0.05, 0) is 38.5 Å². The summed E-state index contributed by atoms with van der Waals surface area (Å²) in [6.45, 7) is 3.11. The summed E-state index contributed by atoms with van der Waals surface area (Å²) in [4.78, 5) is 2.39. The molecule has 1 aromatic rings. The fraction of sp³-hybridized carbons (Fsp3) is 0.600. The van der Waals surface area contributed by atoms with Crippen LogP contribution in [-0.2, 0) is 4.74 Å². The number of rotatable bonds is 5. The maximum Gasteiger partial charge on any atom is 0.0657 e. The predicted octanol–water partition coefficient (Wildman–Crippen LogP) is 2.06. The molecule has 0 aromatic heterocycles. The minimum absolute atomic E-state index is 0.310. The predicted molar refractivity (Wildman–Crippen MR) is 74.7 cm³/mol. The maximum absolute atomic E-state index is 5.35. The third-order valence-corrected chi connectivity index (χ3v) is 3.69. The van der Waals surface area contributed by atoms with Crippen molar-refractivity contribution in [1.82, 2.24) is 10.2 Å². The van der Waals surface area contributed by atoms with Gasteiger partial charge in [-0.3, -0.25) is 0 Å². The first-order valence-corrected chi connectivity index (χ1v) is 6.78. The smallest absolute Gasteiger partial charge is 0.0657 e. The zero-order chi connectivity index (χ0) is 12.8. The van der Waals surface area contributed by atoms with Gasteiger partial charge in [-0.2, -0.15) is 0 Å². The van der Waals surface area contributed by atoms with E-state index < -0.39 is 0 Å². The van der Waals surface area contributed by atoms with Crippen molar-refractivity contribution >= 4 is 0 Å². The van der Waals surface area contributed by atoms with Crippen LogP contribution in [0, 0.1) is 0 Å². The molecule has 0 radical (unpaired) electrons. The summed E-state index contributed by atoms with van der Waals surface area (Å²) in [5.74, 6) is 0. The SMILES string of the molecule is COCC(NC1CCN(C)CC1)c1ccccc1. The van der Waals surface area contributed by atoms with Crippen LogP contribution in [-0.4, -0.2) is 44.8 Å². The zero-order valence-electron chi connectivity index (χ0n) is 11.4. The molecule has 2 rings (SSSR count). The molecule has 0 aliphatic carbocycles. The summed E-state index contributed by atoms with van der Waals surface area (Å²) in [6.07, 6.45) is 2.45. The number of benzene rings is 1. The van der Waals surface area contributed by atoms with Gasteiger partial charge in [0.25, 0.3) is 0 Å². The van der Waals surface area contributed by atoms with Crippen LogP contribution < -0.4 is 5.32 Å². The Bertz CT molecular complexity index is 334. The molecule has 1 aromatic carbocycles. The van der Waals surface area contributed by atoms with Crippen LogP contribution in [0.25, 0.3) is 0 Å². The summed E-state index contributed by atoms with van der Waals surface area (Å²) in [5, 5.41) is 3.74. The summed E-state index contributed by atoms with van der Waals surface area (Å²) < 4.78 is 5.35. The standard InChI is InChI=1S/C15H24N2O/c1-17-10-8-14(9-11-17)16-15(12-18-2)13-6-4-3-5-7-13/h3-7,14-16H,8-12H2,1-2H3. The van der Waals surface area contributed by atoms with Gasteiger partial charge in [0.2, 0.25) is 0 Å². The molecule has 1 heterocycles. The van der Waals surface area contributed by atoms with Crippen molar-refractivity contribution in [3.05, 3.63) is 35.9 Å². The van der Waals surface area contributed by atoms with Crippen molar-refractivity contribution in [2.24, 2.45) is 0 Å². The van der Waals surface area contributed by atoms with E-state index in [2.05, 4.69) is 47.6 Å². The summed E-state index contributed by atoms with van der Waals surface area (Å²) >= 11 is 0. The van der Waals surface area contributed by atoms with Crippen LogP contribution in [0.3, 0.4) is 0 Å². The number of piperidine rings is 1. The van der Waals surface area contributed by atoms with E-state index in [9.17, 15) is 0 Å². The molecule has 1 aliphatic rings. The summed E-state index contributed by atoms with van der Waals surface area (Å²) in [5.41, 5.74) is 1.32. The average Bonchev–Trinajstić information content (AvgIpc) is 2.42. The van der Waals surface area contributed by atoms with Gasteiger partial charge in [-0.15, -0.1) is 0 Å². The zero-order valence-corrected chi connectivity index (χ0v) is 11.4. The summed E-state index contributed by atoms with van der Waals surface area (Å²) in [7, 11) is 3.96. The number of hydrogen-bond acceptors (Lipinski definition) is 3. The number of ether oxygens (including phenoxy) is 1. The van der Waals surface area contributed by atoms with E-state index in [-0.39, 0.29) is 0 Å². The van der Waals surface area contributed by atoms with Crippen molar-refractivity contribution in [2.75, 3.05) is 33.9 Å². The number of nitrogens with one attached hydrogen (secondary N) is 1. The van der Waals surface area contributed by atoms with Crippen molar-refractivity contribution in [2.45, 2.75) is 24.9 Å². The van der Waals surface area contributed by atoms with Gasteiger partial charge < -0.3 is 15.0 Å². The highest BCUT2D eigenvalue weighted by atomic mass is 16.5. The molecule has 1 N–H and O–H groups in total. The molecule has 1 unspecified atom stereocenters. The van der Waals surface area contributed by atoms with Crippen LogP contribution in [0.2, 0.25) is 0 Å². The first-order valence-electron chi connectivity index (χ1n) is 6.78. The van der Waals surface area contributed by atoms with E-state index in [1.165, 1.54) is 31.5 Å². The molecule has 0 saturated carbocycles. The fourth-order valence-corrected chi connectivity index (χ4v) is 2.55. The van der Waals surface area contributed by atoms with Crippen molar-refractivity contribution < 1.29 is 4.74 Å². The highest BCUT2D eigenvalue weighted by molar-refractivity contribution is 5.19. The highest BCUT2D eigenvalue weighted by Crippen LogP contribution is 2.17. The Morgan fingerprint density at radius 1 is 1.28 bits per heavy atom. The lowest BCUT2D eigenvalue weighted by Gasteiger charge is -2.32. The quantitative estimate of drug-likeness (QED) is 0.863. The second-order valence-corrected chi connectivity index (χ2v) is 5.16. The summed E-state index contributed by atoms with van der Waals surface area (Å²) in [6, 6.07) is 11.5. The van der Waals surface area contributed by atoms with Gasteiger partial charge in [0.15, 0.2) is 0 Å². The molecule has 0 amide bonds. The topological polar surface area (TPSA) is 24.5 Å². The number of methoxy groups -OCH3 is 1. The van der Waals surface area contributed by atoms with E-state index in [1.807, 2.05) is 0 Å². The van der Waals surface area contributed by atoms with E-state index in [0.29, 0.717) is 12.1 Å². The molecule has 100 valence electrons. The second-order valence-electron chi connectivity index (χ2n) is 5.16. The Kier molecular flexibility index (Phi) is 5.17. The van der Waals surface area contributed by atoms with Crippen molar-refractivity contribution in [1.29, 1.82) is 0 Å². The monoisotopic (exact) mass is 248 g/mol. The van der Waals surface area contributed by atoms with Gasteiger partial charge in [0.05, 0.1) is 12.6 Å².